The maximum atomic E-state index is 7.25. The zero-order valence-corrected chi connectivity index (χ0v) is 9.42. The van der Waals surface area contributed by atoms with Crippen molar-refractivity contribution in [2.45, 2.75) is 45.1 Å². The minimum atomic E-state index is 0.302. The number of nitrogens with one attached hydrogen (secondary N) is 1. The van der Waals surface area contributed by atoms with Gasteiger partial charge in [-0.15, -0.1) is 0 Å². The molecule has 0 radical (unpaired) electrons. The Morgan fingerprint density at radius 3 is 2.57 bits per heavy atom. The normalized spacial score (nSPS) is 20.2. The van der Waals surface area contributed by atoms with E-state index >= 15 is 0 Å². The van der Waals surface area contributed by atoms with Crippen LogP contribution in [0, 0.1) is 11.3 Å². The van der Waals surface area contributed by atoms with Crippen LogP contribution in [0.5, 0.6) is 0 Å². The molecule has 1 aliphatic rings. The Balaban J connectivity index is 2.25. The van der Waals surface area contributed by atoms with Crippen molar-refractivity contribution in [3.05, 3.63) is 0 Å². The third-order valence-electron chi connectivity index (χ3n) is 3.29. The number of hydrogen-bond donors (Lipinski definition) is 2. The number of nitrogens with zero attached hydrogens (tertiary/aromatic N) is 1. The van der Waals surface area contributed by atoms with Crippen LogP contribution in [0.25, 0.3) is 0 Å². The minimum Gasteiger partial charge on any atom is -0.388 e. The quantitative estimate of drug-likeness (QED) is 0.522. The van der Waals surface area contributed by atoms with Crippen LogP contribution < -0.4 is 5.73 Å². The summed E-state index contributed by atoms with van der Waals surface area (Å²) in [4.78, 5) is 2.34. The molecule has 1 unspecified atom stereocenters. The maximum Gasteiger partial charge on any atom is 0.0920 e. The van der Waals surface area contributed by atoms with E-state index in [-0.39, 0.29) is 0 Å². The second-order valence-electron chi connectivity index (χ2n) is 4.67. The van der Waals surface area contributed by atoms with Gasteiger partial charge >= 0.3 is 0 Å². The molecule has 1 rings (SSSR count). The van der Waals surface area contributed by atoms with Gasteiger partial charge in [0.2, 0.25) is 0 Å². The van der Waals surface area contributed by atoms with Gasteiger partial charge in [0, 0.05) is 19.0 Å². The van der Waals surface area contributed by atoms with Crippen molar-refractivity contribution in [2.24, 2.45) is 11.7 Å². The first kappa shape index (κ1) is 11.5. The van der Waals surface area contributed by atoms with E-state index < -0.39 is 0 Å². The van der Waals surface area contributed by atoms with Gasteiger partial charge in [-0.1, -0.05) is 12.8 Å². The monoisotopic (exact) mass is 197 g/mol. The van der Waals surface area contributed by atoms with E-state index in [2.05, 4.69) is 18.9 Å². The SMILES string of the molecule is CC(CC(=N)N)N(C)CC1CCCC1. The highest BCUT2D eigenvalue weighted by Crippen LogP contribution is 2.25. The Morgan fingerprint density at radius 1 is 1.50 bits per heavy atom. The lowest BCUT2D eigenvalue weighted by atomic mass is 10.1. The molecule has 0 amide bonds. The fourth-order valence-corrected chi connectivity index (χ4v) is 2.25. The molecule has 3 nitrogen and oxygen atoms in total. The fourth-order valence-electron chi connectivity index (χ4n) is 2.25. The van der Waals surface area contributed by atoms with Crippen molar-refractivity contribution in [1.29, 1.82) is 5.41 Å². The summed E-state index contributed by atoms with van der Waals surface area (Å²) in [6.07, 6.45) is 6.27. The van der Waals surface area contributed by atoms with Gasteiger partial charge in [0.25, 0.3) is 0 Å². The van der Waals surface area contributed by atoms with Crippen molar-refractivity contribution < 1.29 is 0 Å². The molecular weight excluding hydrogens is 174 g/mol. The average molecular weight is 197 g/mol. The molecule has 1 aliphatic carbocycles. The first-order chi connectivity index (χ1) is 6.59. The lowest BCUT2D eigenvalue weighted by molar-refractivity contribution is 0.223. The van der Waals surface area contributed by atoms with E-state index in [1.807, 2.05) is 0 Å². The summed E-state index contributed by atoms with van der Waals surface area (Å²) in [5.41, 5.74) is 5.40. The summed E-state index contributed by atoms with van der Waals surface area (Å²) in [6, 6.07) is 0.410. The number of hydrogen-bond acceptors (Lipinski definition) is 2. The molecule has 0 aromatic heterocycles. The molecule has 0 heterocycles. The highest BCUT2D eigenvalue weighted by molar-refractivity contribution is 5.77. The van der Waals surface area contributed by atoms with Crippen molar-refractivity contribution in [3.8, 4) is 0 Å². The van der Waals surface area contributed by atoms with E-state index in [1.165, 1.54) is 32.2 Å². The largest absolute Gasteiger partial charge is 0.388 e. The smallest absolute Gasteiger partial charge is 0.0920 e. The molecular formula is C11H23N3. The Kier molecular flexibility index (Phi) is 4.39. The molecule has 3 N–H and O–H groups in total. The van der Waals surface area contributed by atoms with Crippen LogP contribution in [0.2, 0.25) is 0 Å². The van der Waals surface area contributed by atoms with Gasteiger partial charge in [0.1, 0.15) is 0 Å². The highest BCUT2D eigenvalue weighted by Gasteiger charge is 2.19. The third-order valence-corrected chi connectivity index (χ3v) is 3.29. The first-order valence-corrected chi connectivity index (χ1v) is 5.62. The molecule has 0 aromatic rings. The lowest BCUT2D eigenvalue weighted by Gasteiger charge is -2.27. The molecule has 1 atom stereocenters. The lowest BCUT2D eigenvalue weighted by Crippen LogP contribution is -2.35. The Hall–Kier alpha value is -0.570. The van der Waals surface area contributed by atoms with Crippen LogP contribution in [0.4, 0.5) is 0 Å². The van der Waals surface area contributed by atoms with Gasteiger partial charge in [-0.25, -0.2) is 0 Å². The highest BCUT2D eigenvalue weighted by atomic mass is 15.1. The molecule has 1 saturated carbocycles. The fraction of sp³-hybridized carbons (Fsp3) is 0.909. The van der Waals surface area contributed by atoms with Crippen LogP contribution in [-0.2, 0) is 0 Å². The van der Waals surface area contributed by atoms with Gasteiger partial charge in [-0.05, 0) is 32.7 Å². The second-order valence-corrected chi connectivity index (χ2v) is 4.67. The molecule has 14 heavy (non-hydrogen) atoms. The first-order valence-electron chi connectivity index (χ1n) is 5.62. The van der Waals surface area contributed by atoms with E-state index in [0.717, 1.165) is 5.92 Å². The summed E-state index contributed by atoms with van der Waals surface area (Å²) in [6.45, 7) is 3.32. The molecule has 3 heteroatoms. The summed E-state index contributed by atoms with van der Waals surface area (Å²) in [5, 5.41) is 7.25. The molecule has 1 fully saturated rings. The van der Waals surface area contributed by atoms with Crippen molar-refractivity contribution >= 4 is 5.84 Å². The average Bonchev–Trinajstić information content (AvgIpc) is 2.55. The van der Waals surface area contributed by atoms with E-state index in [4.69, 9.17) is 11.1 Å². The van der Waals surface area contributed by atoms with Crippen LogP contribution >= 0.6 is 0 Å². The van der Waals surface area contributed by atoms with Crippen LogP contribution in [-0.4, -0.2) is 30.4 Å². The Morgan fingerprint density at radius 2 is 2.07 bits per heavy atom. The number of rotatable bonds is 5. The van der Waals surface area contributed by atoms with E-state index in [0.29, 0.717) is 18.3 Å². The molecule has 0 spiro atoms. The number of amidine groups is 1. The summed E-state index contributed by atoms with van der Waals surface area (Å²) in [5.74, 6) is 1.19. The zero-order valence-electron chi connectivity index (χ0n) is 9.42. The standard InChI is InChI=1S/C11H23N3/c1-9(7-11(12)13)14(2)8-10-5-3-4-6-10/h9-10H,3-8H2,1-2H3,(H3,12,13). The van der Waals surface area contributed by atoms with E-state index in [1.54, 1.807) is 0 Å². The van der Waals surface area contributed by atoms with Crippen molar-refractivity contribution in [3.63, 3.8) is 0 Å². The molecule has 0 saturated heterocycles. The minimum absolute atomic E-state index is 0.302. The predicted octanol–water partition coefficient (Wildman–Crippen LogP) is 1.82. The summed E-state index contributed by atoms with van der Waals surface area (Å²) >= 11 is 0. The van der Waals surface area contributed by atoms with Gasteiger partial charge in [-0.2, -0.15) is 0 Å². The van der Waals surface area contributed by atoms with Gasteiger partial charge < -0.3 is 10.6 Å². The van der Waals surface area contributed by atoms with Gasteiger partial charge in [-0.3, -0.25) is 5.41 Å². The van der Waals surface area contributed by atoms with E-state index in [9.17, 15) is 0 Å². The topological polar surface area (TPSA) is 53.1 Å². The van der Waals surface area contributed by atoms with Crippen LogP contribution in [0.1, 0.15) is 39.0 Å². The molecule has 0 aliphatic heterocycles. The molecule has 0 bridgehead atoms. The number of nitrogens with two attached hydrogens (primary N) is 1. The Bertz CT molecular complexity index is 185. The van der Waals surface area contributed by atoms with Crippen LogP contribution in [0.3, 0.4) is 0 Å². The van der Waals surface area contributed by atoms with Crippen molar-refractivity contribution in [1.82, 2.24) is 4.90 Å². The van der Waals surface area contributed by atoms with Crippen molar-refractivity contribution in [2.75, 3.05) is 13.6 Å². The predicted molar refractivity (Wildman–Crippen MR) is 60.6 cm³/mol. The summed E-state index contributed by atoms with van der Waals surface area (Å²) in [7, 11) is 2.14. The third kappa shape index (κ3) is 3.66. The zero-order chi connectivity index (χ0) is 10.6. The second kappa shape index (κ2) is 5.35. The van der Waals surface area contributed by atoms with Gasteiger partial charge in [0.15, 0.2) is 0 Å². The Labute approximate surface area is 87.2 Å². The summed E-state index contributed by atoms with van der Waals surface area (Å²) < 4.78 is 0. The maximum absolute atomic E-state index is 7.25. The molecule has 82 valence electrons. The van der Waals surface area contributed by atoms with Crippen LogP contribution in [0.15, 0.2) is 0 Å². The van der Waals surface area contributed by atoms with Gasteiger partial charge in [0.05, 0.1) is 5.84 Å². The molecule has 0 aromatic carbocycles.